The molecule has 0 aliphatic heterocycles. The van der Waals surface area contributed by atoms with Gasteiger partial charge in [-0.05, 0) is 34.4 Å². The lowest BCUT2D eigenvalue weighted by Gasteiger charge is -2.12. The summed E-state index contributed by atoms with van der Waals surface area (Å²) in [5, 5.41) is 2.40. The van der Waals surface area contributed by atoms with Crippen LogP contribution in [-0.2, 0) is 0 Å². The van der Waals surface area contributed by atoms with Gasteiger partial charge in [-0.1, -0.05) is 85.0 Å². The van der Waals surface area contributed by atoms with Gasteiger partial charge < -0.3 is 5.73 Å². The lowest BCUT2D eigenvalue weighted by atomic mass is 9.96. The molecule has 0 aromatic heterocycles. The van der Waals surface area contributed by atoms with E-state index in [0.717, 1.165) is 16.7 Å². The van der Waals surface area contributed by atoms with Crippen LogP contribution in [0.1, 0.15) is 18.1 Å². The largest absolute Gasteiger partial charge is 0.397 e. The maximum absolute atomic E-state index is 6.35. The summed E-state index contributed by atoms with van der Waals surface area (Å²) in [6.07, 6.45) is 0. The van der Waals surface area contributed by atoms with E-state index < -0.39 is 0 Å². The summed E-state index contributed by atoms with van der Waals surface area (Å²) in [6.45, 7) is 2.03. The molecule has 3 aromatic carbocycles. The lowest BCUT2D eigenvalue weighted by molar-refractivity contribution is 1.45. The fourth-order valence-electron chi connectivity index (χ4n) is 2.61. The average Bonchev–Trinajstić information content (AvgIpc) is 2.60. The van der Waals surface area contributed by atoms with Crippen LogP contribution in [0.5, 0.6) is 0 Å². The maximum Gasteiger partial charge on any atom is 0.0681 e. The standard InChI is InChI=1S/C20H17NS/c1-14(19(21)20(22)16-9-3-2-4-10-16)17-13-7-11-15-8-5-6-12-18(15)17/h2-13H,21H2,1H3. The van der Waals surface area contributed by atoms with Crippen LogP contribution in [0.15, 0.2) is 78.5 Å². The quantitative estimate of drug-likeness (QED) is 0.421. The van der Waals surface area contributed by atoms with Gasteiger partial charge in [-0.25, -0.2) is 0 Å². The minimum atomic E-state index is 0.664. The molecular weight excluding hydrogens is 286 g/mol. The van der Waals surface area contributed by atoms with Gasteiger partial charge in [0.1, 0.15) is 0 Å². The van der Waals surface area contributed by atoms with Crippen molar-refractivity contribution in [1.29, 1.82) is 0 Å². The molecular formula is C20H17NS. The van der Waals surface area contributed by atoms with Crippen molar-refractivity contribution < 1.29 is 0 Å². The predicted octanol–water partition coefficient (Wildman–Crippen LogP) is 4.95. The molecule has 0 bridgehead atoms. The summed E-state index contributed by atoms with van der Waals surface area (Å²) in [5.41, 5.74) is 10.2. The molecule has 0 fully saturated rings. The summed E-state index contributed by atoms with van der Waals surface area (Å²) in [6, 6.07) is 24.5. The van der Waals surface area contributed by atoms with Crippen LogP contribution in [0.25, 0.3) is 16.3 Å². The average molecular weight is 303 g/mol. The summed E-state index contributed by atoms with van der Waals surface area (Å²) in [5.74, 6) is 0. The highest BCUT2D eigenvalue weighted by Crippen LogP contribution is 2.27. The summed E-state index contributed by atoms with van der Waals surface area (Å²) in [4.78, 5) is 0.700. The van der Waals surface area contributed by atoms with E-state index in [1.165, 1.54) is 10.8 Å². The van der Waals surface area contributed by atoms with Crippen LogP contribution < -0.4 is 5.73 Å². The van der Waals surface area contributed by atoms with E-state index in [1.807, 2.05) is 49.4 Å². The molecule has 0 unspecified atom stereocenters. The van der Waals surface area contributed by atoms with Crippen molar-refractivity contribution in [1.82, 2.24) is 0 Å². The van der Waals surface area contributed by atoms with Crippen molar-refractivity contribution in [2.45, 2.75) is 6.92 Å². The zero-order valence-electron chi connectivity index (χ0n) is 12.4. The number of hydrogen-bond acceptors (Lipinski definition) is 2. The normalized spacial score (nSPS) is 12.0. The van der Waals surface area contributed by atoms with Gasteiger partial charge in [0, 0.05) is 0 Å². The van der Waals surface area contributed by atoms with Crippen molar-refractivity contribution in [3.05, 3.63) is 89.6 Å². The van der Waals surface area contributed by atoms with Gasteiger partial charge in [0.05, 0.1) is 10.6 Å². The first-order chi connectivity index (χ1) is 10.7. The molecule has 0 aliphatic rings. The number of allylic oxidation sites excluding steroid dienone is 2. The van der Waals surface area contributed by atoms with E-state index in [9.17, 15) is 0 Å². The SMILES string of the molecule is CC(=C(N)C(=S)c1ccccc1)c1cccc2ccccc12. The number of rotatable bonds is 3. The Kier molecular flexibility index (Phi) is 4.03. The van der Waals surface area contributed by atoms with Crippen molar-refractivity contribution in [2.24, 2.45) is 5.73 Å². The Bertz CT molecular complexity index is 858. The second kappa shape index (κ2) is 6.12. The molecule has 0 spiro atoms. The zero-order chi connectivity index (χ0) is 15.5. The van der Waals surface area contributed by atoms with E-state index in [0.29, 0.717) is 10.6 Å². The summed E-state index contributed by atoms with van der Waals surface area (Å²) < 4.78 is 0. The molecule has 0 atom stereocenters. The Balaban J connectivity index is 2.11. The Labute approximate surface area is 136 Å². The smallest absolute Gasteiger partial charge is 0.0681 e. The van der Waals surface area contributed by atoms with Gasteiger partial charge in [-0.2, -0.15) is 0 Å². The molecule has 3 aromatic rings. The van der Waals surface area contributed by atoms with E-state index in [2.05, 4.69) is 30.3 Å². The third-order valence-corrected chi connectivity index (χ3v) is 4.33. The van der Waals surface area contributed by atoms with Crippen molar-refractivity contribution in [2.75, 3.05) is 0 Å². The molecule has 108 valence electrons. The van der Waals surface area contributed by atoms with Crippen LogP contribution in [0.3, 0.4) is 0 Å². The third-order valence-electron chi connectivity index (χ3n) is 3.88. The minimum absolute atomic E-state index is 0.664. The molecule has 0 amide bonds. The van der Waals surface area contributed by atoms with Gasteiger partial charge in [-0.3, -0.25) is 0 Å². The molecule has 2 N–H and O–H groups in total. The maximum atomic E-state index is 6.35. The Morgan fingerprint density at radius 2 is 1.45 bits per heavy atom. The number of thiocarbonyl (C=S) groups is 1. The number of nitrogens with two attached hydrogens (primary N) is 1. The van der Waals surface area contributed by atoms with Gasteiger partial charge in [-0.15, -0.1) is 0 Å². The first kappa shape index (κ1) is 14.5. The first-order valence-corrected chi connectivity index (χ1v) is 7.63. The molecule has 0 radical (unpaired) electrons. The van der Waals surface area contributed by atoms with Crippen LogP contribution in [0, 0.1) is 0 Å². The fraction of sp³-hybridized carbons (Fsp3) is 0.0500. The first-order valence-electron chi connectivity index (χ1n) is 7.22. The molecule has 0 aliphatic carbocycles. The van der Waals surface area contributed by atoms with Crippen LogP contribution in [0.2, 0.25) is 0 Å². The van der Waals surface area contributed by atoms with Gasteiger partial charge in [0.25, 0.3) is 0 Å². The number of fused-ring (bicyclic) bond motifs is 1. The molecule has 3 rings (SSSR count). The third kappa shape index (κ3) is 2.66. The van der Waals surface area contributed by atoms with Crippen molar-refractivity contribution in [3.63, 3.8) is 0 Å². The van der Waals surface area contributed by atoms with Gasteiger partial charge in [0.2, 0.25) is 0 Å². The molecule has 1 nitrogen and oxygen atoms in total. The van der Waals surface area contributed by atoms with E-state index in [4.69, 9.17) is 18.0 Å². The monoisotopic (exact) mass is 303 g/mol. The molecule has 0 saturated heterocycles. The Morgan fingerprint density at radius 1 is 0.818 bits per heavy atom. The highest BCUT2D eigenvalue weighted by Gasteiger charge is 2.10. The second-order valence-electron chi connectivity index (χ2n) is 5.26. The second-order valence-corrected chi connectivity index (χ2v) is 5.67. The zero-order valence-corrected chi connectivity index (χ0v) is 13.2. The van der Waals surface area contributed by atoms with E-state index in [1.54, 1.807) is 0 Å². The van der Waals surface area contributed by atoms with Crippen LogP contribution in [-0.4, -0.2) is 4.86 Å². The van der Waals surface area contributed by atoms with Gasteiger partial charge in [0.15, 0.2) is 0 Å². The highest BCUT2D eigenvalue weighted by atomic mass is 32.1. The van der Waals surface area contributed by atoms with Crippen molar-refractivity contribution >= 4 is 33.4 Å². The van der Waals surface area contributed by atoms with Crippen LogP contribution in [0.4, 0.5) is 0 Å². The van der Waals surface area contributed by atoms with Crippen molar-refractivity contribution in [3.8, 4) is 0 Å². The van der Waals surface area contributed by atoms with Crippen LogP contribution >= 0.6 is 12.2 Å². The van der Waals surface area contributed by atoms with E-state index >= 15 is 0 Å². The number of benzene rings is 3. The predicted molar refractivity (Wildman–Crippen MR) is 98.9 cm³/mol. The molecule has 0 heterocycles. The highest BCUT2D eigenvalue weighted by molar-refractivity contribution is 7.81. The Hall–Kier alpha value is -2.45. The molecule has 2 heteroatoms. The minimum Gasteiger partial charge on any atom is -0.397 e. The molecule has 0 saturated carbocycles. The van der Waals surface area contributed by atoms with Gasteiger partial charge >= 0.3 is 0 Å². The summed E-state index contributed by atoms with van der Waals surface area (Å²) >= 11 is 5.56. The fourth-order valence-corrected chi connectivity index (χ4v) is 2.90. The number of hydrogen-bond donors (Lipinski definition) is 1. The Morgan fingerprint density at radius 3 is 2.23 bits per heavy atom. The topological polar surface area (TPSA) is 26.0 Å². The summed E-state index contributed by atoms with van der Waals surface area (Å²) in [7, 11) is 0. The molecule has 22 heavy (non-hydrogen) atoms. The van der Waals surface area contributed by atoms with E-state index in [-0.39, 0.29) is 0 Å². The lowest BCUT2D eigenvalue weighted by Crippen LogP contribution is -2.12.